The van der Waals surface area contributed by atoms with Gasteiger partial charge in [-0.3, -0.25) is 19.7 Å². The predicted molar refractivity (Wildman–Crippen MR) is 114 cm³/mol. The third kappa shape index (κ3) is 4.45. The number of nitrogens with one attached hydrogen (secondary N) is 2. The summed E-state index contributed by atoms with van der Waals surface area (Å²) in [7, 11) is 0. The summed E-state index contributed by atoms with van der Waals surface area (Å²) in [5, 5.41) is 5.75. The van der Waals surface area contributed by atoms with Crippen molar-refractivity contribution in [1.29, 1.82) is 0 Å². The third-order valence-electron chi connectivity index (χ3n) is 4.14. The maximum absolute atomic E-state index is 13.2. The Bertz CT molecular complexity index is 1050. The fourth-order valence-corrected chi connectivity index (χ4v) is 3.68. The van der Waals surface area contributed by atoms with E-state index in [9.17, 15) is 9.59 Å². The quantitative estimate of drug-likeness (QED) is 0.652. The largest absolute Gasteiger partial charge is 0.324 e. The fraction of sp³-hybridized carbons (Fsp3) is 0.300. The molecule has 8 heteroatoms. The minimum atomic E-state index is -0.374. The highest BCUT2D eigenvalue weighted by atomic mass is 32.1. The van der Waals surface area contributed by atoms with Crippen LogP contribution in [0.4, 0.5) is 9.93 Å². The van der Waals surface area contributed by atoms with Crippen LogP contribution >= 0.6 is 11.3 Å². The number of aromatic nitrogens is 3. The van der Waals surface area contributed by atoms with Gasteiger partial charge in [-0.2, -0.15) is 0 Å². The van der Waals surface area contributed by atoms with Crippen LogP contribution in [0.15, 0.2) is 47.7 Å². The molecular formula is C20H23N5O2S. The molecule has 0 aliphatic rings. The SMILES string of the molecule is C/C=C\NC(=O)Nc1nc2cc(-c3cccnc3)c(=O)n(CCC(C)C)c2s1. The number of anilines is 1. The van der Waals surface area contributed by atoms with Crippen LogP contribution in [0.25, 0.3) is 21.5 Å². The summed E-state index contributed by atoms with van der Waals surface area (Å²) in [6.07, 6.45) is 7.48. The molecule has 3 heterocycles. The maximum Gasteiger partial charge on any atom is 0.324 e. The van der Waals surface area contributed by atoms with Gasteiger partial charge in [0.25, 0.3) is 5.56 Å². The lowest BCUT2D eigenvalue weighted by Gasteiger charge is -2.11. The first kappa shape index (κ1) is 19.8. The van der Waals surface area contributed by atoms with Crippen LogP contribution in [-0.4, -0.2) is 20.6 Å². The third-order valence-corrected chi connectivity index (χ3v) is 5.15. The van der Waals surface area contributed by atoms with Crippen LogP contribution in [0.3, 0.4) is 0 Å². The molecule has 0 spiro atoms. The number of pyridine rings is 2. The summed E-state index contributed by atoms with van der Waals surface area (Å²) in [6, 6.07) is 5.06. The predicted octanol–water partition coefficient (Wildman–Crippen LogP) is 4.22. The van der Waals surface area contributed by atoms with E-state index in [2.05, 4.69) is 34.4 Å². The van der Waals surface area contributed by atoms with Crippen LogP contribution < -0.4 is 16.2 Å². The van der Waals surface area contributed by atoms with E-state index >= 15 is 0 Å². The molecule has 2 amide bonds. The van der Waals surface area contributed by atoms with Crippen molar-refractivity contribution in [3.63, 3.8) is 0 Å². The Balaban J connectivity index is 2.07. The highest BCUT2D eigenvalue weighted by molar-refractivity contribution is 7.22. The zero-order valence-corrected chi connectivity index (χ0v) is 16.9. The standard InChI is InChI=1S/C20H23N5O2S/c1-4-8-22-19(27)24-20-23-16-11-15(14-6-5-9-21-12-14)17(26)25(18(16)28-20)10-7-13(2)3/h4-6,8-9,11-13H,7,10H2,1-3H3,(H2,22,23,24,27)/b8-4-. The molecule has 3 aromatic heterocycles. The first-order chi connectivity index (χ1) is 13.5. The molecule has 146 valence electrons. The van der Waals surface area contributed by atoms with Gasteiger partial charge in [0.05, 0.1) is 5.56 Å². The molecule has 0 aliphatic heterocycles. The van der Waals surface area contributed by atoms with E-state index in [1.165, 1.54) is 11.3 Å². The molecule has 2 N–H and O–H groups in total. The zero-order chi connectivity index (χ0) is 20.1. The Labute approximate surface area is 167 Å². The number of thiazole rings is 1. The van der Waals surface area contributed by atoms with Crippen molar-refractivity contribution >= 4 is 32.8 Å². The van der Waals surface area contributed by atoms with Gasteiger partial charge in [-0.1, -0.05) is 37.3 Å². The summed E-state index contributed by atoms with van der Waals surface area (Å²) in [5.74, 6) is 0.459. The maximum atomic E-state index is 13.2. The monoisotopic (exact) mass is 397 g/mol. The summed E-state index contributed by atoms with van der Waals surface area (Å²) in [5.41, 5.74) is 1.91. The molecule has 3 aromatic rings. The van der Waals surface area contributed by atoms with Crippen LogP contribution in [0.5, 0.6) is 0 Å². The number of nitrogens with zero attached hydrogens (tertiary/aromatic N) is 3. The second-order valence-corrected chi connectivity index (χ2v) is 7.72. The average Bonchev–Trinajstić information content (AvgIpc) is 3.07. The van der Waals surface area contributed by atoms with Crippen molar-refractivity contribution in [2.45, 2.75) is 33.7 Å². The lowest BCUT2D eigenvalue weighted by atomic mass is 10.1. The first-order valence-corrected chi connectivity index (χ1v) is 9.94. The van der Waals surface area contributed by atoms with E-state index in [4.69, 9.17) is 0 Å². The minimum Gasteiger partial charge on any atom is -0.315 e. The van der Waals surface area contributed by atoms with Gasteiger partial charge in [0, 0.05) is 30.7 Å². The molecule has 0 unspecified atom stereocenters. The Hall–Kier alpha value is -3.00. The molecule has 0 aliphatic carbocycles. The molecule has 0 aromatic carbocycles. The highest BCUT2D eigenvalue weighted by Gasteiger charge is 2.16. The van der Waals surface area contributed by atoms with Crippen LogP contribution in [0, 0.1) is 5.92 Å². The van der Waals surface area contributed by atoms with Crippen LogP contribution in [-0.2, 0) is 6.54 Å². The van der Waals surface area contributed by atoms with Crippen molar-refractivity contribution in [2.75, 3.05) is 5.32 Å². The van der Waals surface area contributed by atoms with Gasteiger partial charge in [-0.05, 0) is 31.4 Å². The smallest absolute Gasteiger partial charge is 0.315 e. The van der Waals surface area contributed by atoms with Crippen molar-refractivity contribution in [3.05, 3.63) is 53.2 Å². The summed E-state index contributed by atoms with van der Waals surface area (Å²) >= 11 is 1.30. The number of aryl methyl sites for hydroxylation is 1. The molecule has 3 rings (SSSR count). The van der Waals surface area contributed by atoms with E-state index in [1.54, 1.807) is 41.4 Å². The zero-order valence-electron chi connectivity index (χ0n) is 16.1. The Morgan fingerprint density at radius 2 is 2.21 bits per heavy atom. The molecule has 28 heavy (non-hydrogen) atoms. The number of amides is 2. The first-order valence-electron chi connectivity index (χ1n) is 9.13. The number of carbonyl (C=O) groups is 1. The fourth-order valence-electron chi connectivity index (χ4n) is 2.71. The minimum absolute atomic E-state index is 0.0743. The van der Waals surface area contributed by atoms with Gasteiger partial charge in [-0.15, -0.1) is 0 Å². The van der Waals surface area contributed by atoms with Crippen molar-refractivity contribution in [3.8, 4) is 11.1 Å². The second kappa shape index (κ2) is 8.79. The number of hydrogen-bond donors (Lipinski definition) is 2. The molecule has 0 bridgehead atoms. The lowest BCUT2D eigenvalue weighted by molar-refractivity contribution is 0.255. The van der Waals surface area contributed by atoms with Crippen molar-refractivity contribution in [1.82, 2.24) is 19.9 Å². The highest BCUT2D eigenvalue weighted by Crippen LogP contribution is 2.28. The van der Waals surface area contributed by atoms with Gasteiger partial charge in [0.2, 0.25) is 0 Å². The molecule has 0 radical (unpaired) electrons. The number of urea groups is 1. The average molecular weight is 398 g/mol. The molecule has 0 saturated carbocycles. The molecule has 0 atom stereocenters. The van der Waals surface area contributed by atoms with Crippen LogP contribution in [0.2, 0.25) is 0 Å². The summed E-state index contributed by atoms with van der Waals surface area (Å²) in [4.78, 5) is 34.5. The topological polar surface area (TPSA) is 88.9 Å². The summed E-state index contributed by atoms with van der Waals surface area (Å²) in [6.45, 7) is 6.65. The second-order valence-electron chi connectivity index (χ2n) is 6.75. The summed E-state index contributed by atoms with van der Waals surface area (Å²) < 4.78 is 1.75. The van der Waals surface area contributed by atoms with Crippen molar-refractivity contribution < 1.29 is 4.79 Å². The van der Waals surface area contributed by atoms with E-state index in [0.29, 0.717) is 28.7 Å². The molecule has 0 saturated heterocycles. The van der Waals surface area contributed by atoms with E-state index in [0.717, 1.165) is 16.8 Å². The lowest BCUT2D eigenvalue weighted by Crippen LogP contribution is -2.23. The van der Waals surface area contributed by atoms with E-state index < -0.39 is 0 Å². The Morgan fingerprint density at radius 1 is 1.39 bits per heavy atom. The van der Waals surface area contributed by atoms with Crippen molar-refractivity contribution in [2.24, 2.45) is 5.92 Å². The number of carbonyl (C=O) groups excluding carboxylic acids is 1. The van der Waals surface area contributed by atoms with Gasteiger partial charge in [0.15, 0.2) is 5.13 Å². The number of rotatable bonds is 6. The molecular weight excluding hydrogens is 374 g/mol. The molecule has 0 fully saturated rings. The van der Waals surface area contributed by atoms with E-state index in [-0.39, 0.29) is 11.6 Å². The number of fused-ring (bicyclic) bond motifs is 1. The normalized spacial score (nSPS) is 11.4. The Kier molecular flexibility index (Phi) is 6.20. The Morgan fingerprint density at radius 3 is 2.89 bits per heavy atom. The molecule has 7 nitrogen and oxygen atoms in total. The van der Waals surface area contributed by atoms with Gasteiger partial charge in [0.1, 0.15) is 10.3 Å². The number of hydrogen-bond acceptors (Lipinski definition) is 5. The van der Waals surface area contributed by atoms with Crippen LogP contribution in [0.1, 0.15) is 27.2 Å². The van der Waals surface area contributed by atoms with E-state index in [1.807, 2.05) is 13.0 Å². The van der Waals surface area contributed by atoms with Gasteiger partial charge < -0.3 is 5.32 Å². The number of allylic oxidation sites excluding steroid dienone is 1. The van der Waals surface area contributed by atoms with Gasteiger partial charge >= 0.3 is 6.03 Å². The van der Waals surface area contributed by atoms with Gasteiger partial charge in [-0.25, -0.2) is 9.78 Å².